The van der Waals surface area contributed by atoms with Crippen molar-refractivity contribution in [1.82, 2.24) is 0 Å². The third-order valence-electron chi connectivity index (χ3n) is 3.41. The molecule has 2 unspecified atom stereocenters. The van der Waals surface area contributed by atoms with Crippen LogP contribution in [0.25, 0.3) is 0 Å². The molecule has 0 radical (unpaired) electrons. The molecular formula is C16H18ClFO. The van der Waals surface area contributed by atoms with Crippen LogP contribution in [-0.2, 0) is 0 Å². The van der Waals surface area contributed by atoms with Gasteiger partial charge in [0, 0.05) is 0 Å². The van der Waals surface area contributed by atoms with Gasteiger partial charge in [0.1, 0.15) is 11.6 Å². The predicted octanol–water partition coefficient (Wildman–Crippen LogP) is 4.37. The van der Waals surface area contributed by atoms with E-state index in [9.17, 15) is 4.39 Å². The summed E-state index contributed by atoms with van der Waals surface area (Å²) < 4.78 is 19.3. The number of alkyl halides is 1. The lowest BCUT2D eigenvalue weighted by Crippen LogP contribution is -2.24. The van der Waals surface area contributed by atoms with Gasteiger partial charge in [-0.2, -0.15) is 0 Å². The van der Waals surface area contributed by atoms with Gasteiger partial charge in [0.25, 0.3) is 0 Å². The molecule has 0 heterocycles. The Hall–Kier alpha value is -1.20. The first kappa shape index (κ1) is 14.2. The minimum absolute atomic E-state index is 0.214. The highest BCUT2D eigenvalue weighted by Crippen LogP contribution is 2.29. The zero-order chi connectivity index (χ0) is 13.7. The van der Waals surface area contributed by atoms with Crippen LogP contribution in [0.1, 0.15) is 38.2 Å². The monoisotopic (exact) mass is 280 g/mol. The average molecular weight is 281 g/mol. The highest BCUT2D eigenvalue weighted by molar-refractivity contribution is 6.19. The number of benzene rings is 1. The summed E-state index contributed by atoms with van der Waals surface area (Å²) in [6, 6.07) is 4.47. The molecule has 1 nitrogen and oxygen atoms in total. The van der Waals surface area contributed by atoms with Crippen LogP contribution in [-0.4, -0.2) is 12.0 Å². The zero-order valence-corrected chi connectivity index (χ0v) is 11.8. The summed E-state index contributed by atoms with van der Waals surface area (Å²) in [7, 11) is 0. The number of hydrogen-bond acceptors (Lipinski definition) is 1. The predicted molar refractivity (Wildman–Crippen MR) is 76.0 cm³/mol. The van der Waals surface area contributed by atoms with E-state index in [1.807, 2.05) is 0 Å². The quantitative estimate of drug-likeness (QED) is 0.577. The summed E-state index contributed by atoms with van der Waals surface area (Å²) in [5.74, 6) is 6.89. The van der Waals surface area contributed by atoms with E-state index in [1.54, 1.807) is 6.07 Å². The summed E-state index contributed by atoms with van der Waals surface area (Å²) in [6.45, 7) is 2.24. The number of hydrogen-bond donors (Lipinski definition) is 0. The summed E-state index contributed by atoms with van der Waals surface area (Å²) in [5, 5.41) is 0. The van der Waals surface area contributed by atoms with Crippen LogP contribution in [0, 0.1) is 23.6 Å². The molecule has 1 aromatic rings. The molecule has 0 saturated heterocycles. The summed E-state index contributed by atoms with van der Waals surface area (Å²) in [6.07, 6.45) is 4.78. The second-order valence-electron chi connectivity index (χ2n) is 5.09. The van der Waals surface area contributed by atoms with E-state index in [4.69, 9.17) is 16.3 Å². The summed E-state index contributed by atoms with van der Waals surface area (Å²) in [4.78, 5) is 0. The first-order valence-electron chi connectivity index (χ1n) is 6.70. The molecule has 1 aromatic carbocycles. The van der Waals surface area contributed by atoms with E-state index >= 15 is 0 Å². The van der Waals surface area contributed by atoms with Crippen molar-refractivity contribution >= 4 is 11.6 Å². The van der Waals surface area contributed by atoms with Gasteiger partial charge in [0.15, 0.2) is 0 Å². The normalized spacial score (nSPS) is 22.5. The van der Waals surface area contributed by atoms with Crippen LogP contribution < -0.4 is 4.74 Å². The molecule has 3 heteroatoms. The number of halogens is 2. The molecule has 0 aromatic heterocycles. The first-order valence-corrected chi connectivity index (χ1v) is 7.23. The molecule has 102 valence electrons. The fraction of sp³-hybridized carbons (Fsp3) is 0.500. The maximum atomic E-state index is 13.3. The molecule has 2 rings (SSSR count). The van der Waals surface area contributed by atoms with Crippen LogP contribution >= 0.6 is 11.6 Å². The highest BCUT2D eigenvalue weighted by atomic mass is 35.5. The van der Waals surface area contributed by atoms with E-state index in [0.29, 0.717) is 17.2 Å². The van der Waals surface area contributed by atoms with Gasteiger partial charge in [-0.25, -0.2) is 4.39 Å². The molecule has 1 aliphatic rings. The Balaban J connectivity index is 2.14. The zero-order valence-electron chi connectivity index (χ0n) is 11.1. The number of rotatable bonds is 2. The molecule has 1 fully saturated rings. The Labute approximate surface area is 119 Å². The van der Waals surface area contributed by atoms with Gasteiger partial charge in [-0.15, -0.1) is 11.6 Å². The molecule has 0 N–H and O–H groups in total. The van der Waals surface area contributed by atoms with Crippen molar-refractivity contribution in [3.63, 3.8) is 0 Å². The summed E-state index contributed by atoms with van der Waals surface area (Å²) in [5.41, 5.74) is 0.582. The Kier molecular flexibility index (Phi) is 5.10. The van der Waals surface area contributed by atoms with E-state index in [-0.39, 0.29) is 17.8 Å². The lowest BCUT2D eigenvalue weighted by Gasteiger charge is -2.27. The maximum Gasteiger partial charge on any atom is 0.135 e. The average Bonchev–Trinajstić information content (AvgIpc) is 2.39. The molecule has 2 atom stereocenters. The van der Waals surface area contributed by atoms with Crippen molar-refractivity contribution in [1.29, 1.82) is 0 Å². The Morgan fingerprint density at radius 1 is 1.42 bits per heavy atom. The summed E-state index contributed by atoms with van der Waals surface area (Å²) >= 11 is 5.55. The Bertz CT molecular complexity index is 489. The highest BCUT2D eigenvalue weighted by Gasteiger charge is 2.21. The number of ether oxygens (including phenoxy) is 1. The van der Waals surface area contributed by atoms with Gasteiger partial charge >= 0.3 is 0 Å². The smallest absolute Gasteiger partial charge is 0.135 e. The van der Waals surface area contributed by atoms with Crippen LogP contribution in [0.3, 0.4) is 0 Å². The molecule has 0 spiro atoms. The van der Waals surface area contributed by atoms with Crippen molar-refractivity contribution in [3.8, 4) is 17.6 Å². The van der Waals surface area contributed by atoms with Gasteiger partial charge in [-0.05, 0) is 43.4 Å². The molecule has 1 aliphatic carbocycles. The second kappa shape index (κ2) is 6.82. The minimum atomic E-state index is -0.303. The van der Waals surface area contributed by atoms with Gasteiger partial charge in [0.05, 0.1) is 17.5 Å². The van der Waals surface area contributed by atoms with Crippen LogP contribution in [0.2, 0.25) is 0 Å². The lowest BCUT2D eigenvalue weighted by atomic mass is 9.88. The van der Waals surface area contributed by atoms with Gasteiger partial charge < -0.3 is 4.74 Å². The molecule has 0 aliphatic heterocycles. The van der Waals surface area contributed by atoms with E-state index in [0.717, 1.165) is 12.8 Å². The van der Waals surface area contributed by atoms with Crippen LogP contribution in [0.15, 0.2) is 18.2 Å². The van der Waals surface area contributed by atoms with Crippen molar-refractivity contribution in [2.45, 2.75) is 38.7 Å². The second-order valence-corrected chi connectivity index (χ2v) is 5.35. The van der Waals surface area contributed by atoms with E-state index in [2.05, 4.69) is 18.8 Å². The van der Waals surface area contributed by atoms with E-state index in [1.165, 1.54) is 25.0 Å². The molecule has 0 bridgehead atoms. The molecule has 19 heavy (non-hydrogen) atoms. The molecular weight excluding hydrogens is 263 g/mol. The first-order chi connectivity index (χ1) is 9.19. The molecule has 1 saturated carbocycles. The third kappa shape index (κ3) is 4.14. The third-order valence-corrected chi connectivity index (χ3v) is 3.55. The van der Waals surface area contributed by atoms with Crippen molar-refractivity contribution in [2.24, 2.45) is 5.92 Å². The maximum absolute atomic E-state index is 13.3. The SMILES string of the molecule is CC1CCCC(Oc2ccc(F)cc2C#CCCl)C1. The Morgan fingerprint density at radius 3 is 3.00 bits per heavy atom. The van der Waals surface area contributed by atoms with Crippen molar-refractivity contribution in [3.05, 3.63) is 29.6 Å². The minimum Gasteiger partial charge on any atom is -0.489 e. The topological polar surface area (TPSA) is 9.23 Å². The van der Waals surface area contributed by atoms with Crippen LogP contribution in [0.5, 0.6) is 5.75 Å². The fourth-order valence-electron chi connectivity index (χ4n) is 2.50. The van der Waals surface area contributed by atoms with Gasteiger partial charge in [-0.1, -0.05) is 25.2 Å². The Morgan fingerprint density at radius 2 is 2.26 bits per heavy atom. The largest absolute Gasteiger partial charge is 0.489 e. The standard InChI is InChI=1S/C16H18ClFO/c1-12-4-2-6-15(10-12)19-16-8-7-14(18)11-13(16)5-3-9-17/h7-8,11-12,15H,2,4,6,9-10H2,1H3. The van der Waals surface area contributed by atoms with E-state index < -0.39 is 0 Å². The van der Waals surface area contributed by atoms with Crippen LogP contribution in [0.4, 0.5) is 4.39 Å². The molecule has 0 amide bonds. The lowest BCUT2D eigenvalue weighted by molar-refractivity contribution is 0.129. The van der Waals surface area contributed by atoms with Gasteiger partial charge in [0.2, 0.25) is 0 Å². The fourth-order valence-corrected chi connectivity index (χ4v) is 2.56. The van der Waals surface area contributed by atoms with Crippen molar-refractivity contribution < 1.29 is 9.13 Å². The van der Waals surface area contributed by atoms with Crippen molar-refractivity contribution in [2.75, 3.05) is 5.88 Å². The van der Waals surface area contributed by atoms with Gasteiger partial charge in [-0.3, -0.25) is 0 Å².